The lowest BCUT2D eigenvalue weighted by Crippen LogP contribution is -2.05. The lowest BCUT2D eigenvalue weighted by Gasteiger charge is -2.14. The number of benzene rings is 2. The van der Waals surface area contributed by atoms with E-state index >= 15 is 0 Å². The number of halogens is 2. The minimum atomic E-state index is -0.492. The molecule has 0 aliphatic carbocycles. The van der Waals surface area contributed by atoms with Crippen molar-refractivity contribution in [2.75, 3.05) is 7.11 Å². The second kappa shape index (κ2) is 8.35. The molecule has 0 heterocycles. The Kier molecular flexibility index (Phi) is 6.47. The summed E-state index contributed by atoms with van der Waals surface area (Å²) in [5, 5.41) is 0. The van der Waals surface area contributed by atoms with Crippen molar-refractivity contribution in [3.8, 4) is 11.5 Å². The first kappa shape index (κ1) is 17.8. The van der Waals surface area contributed by atoms with Crippen molar-refractivity contribution in [3.05, 3.63) is 61.6 Å². The van der Waals surface area contributed by atoms with Gasteiger partial charge in [0.15, 0.2) is 11.5 Å². The van der Waals surface area contributed by atoms with Crippen LogP contribution < -0.4 is 15.2 Å². The highest BCUT2D eigenvalue weighted by Gasteiger charge is 2.11. The molecule has 0 aliphatic rings. The van der Waals surface area contributed by atoms with E-state index < -0.39 is 5.91 Å². The van der Waals surface area contributed by atoms with Gasteiger partial charge < -0.3 is 15.2 Å². The summed E-state index contributed by atoms with van der Waals surface area (Å²) in [4.78, 5) is 10.8. The highest BCUT2D eigenvalue weighted by Crippen LogP contribution is 2.35. The maximum absolute atomic E-state index is 10.8. The number of carbonyl (C=O) groups excluding carboxylic acids is 1. The molecule has 4 nitrogen and oxygen atoms in total. The summed E-state index contributed by atoms with van der Waals surface area (Å²) in [5.74, 6) is 0.786. The van der Waals surface area contributed by atoms with Crippen molar-refractivity contribution >= 4 is 50.5 Å². The summed E-state index contributed by atoms with van der Waals surface area (Å²) < 4.78 is 13.2. The predicted octanol–water partition coefficient (Wildman–Crippen LogP) is 4.14. The van der Waals surface area contributed by atoms with Crippen molar-refractivity contribution in [2.24, 2.45) is 5.73 Å². The van der Waals surface area contributed by atoms with Gasteiger partial charge in [0.1, 0.15) is 6.61 Å². The van der Waals surface area contributed by atoms with Gasteiger partial charge in [0.05, 0.1) is 10.7 Å². The van der Waals surface area contributed by atoms with Crippen LogP contribution in [0.1, 0.15) is 11.1 Å². The van der Waals surface area contributed by atoms with Gasteiger partial charge in [0.25, 0.3) is 0 Å². The lowest BCUT2D eigenvalue weighted by molar-refractivity contribution is -0.113. The van der Waals surface area contributed by atoms with Crippen LogP contribution in [0.4, 0.5) is 0 Å². The Balaban J connectivity index is 2.22. The van der Waals surface area contributed by atoms with E-state index in [1.807, 2.05) is 30.3 Å². The van der Waals surface area contributed by atoms with Crippen LogP contribution in [0.3, 0.4) is 0 Å². The molecular formula is C17H15BrINO3. The van der Waals surface area contributed by atoms with Crippen LogP contribution in [0, 0.1) is 3.57 Å². The third-order valence-corrected chi connectivity index (χ3v) is 4.26. The molecule has 0 fully saturated rings. The molecule has 6 heteroatoms. The molecule has 2 aromatic carbocycles. The zero-order valence-electron chi connectivity index (χ0n) is 12.4. The fourth-order valence-corrected chi connectivity index (χ4v) is 3.16. The summed E-state index contributed by atoms with van der Waals surface area (Å²) in [6.07, 6.45) is 2.96. The minimum Gasteiger partial charge on any atom is -0.493 e. The Hall–Kier alpha value is -1.54. The van der Waals surface area contributed by atoms with Gasteiger partial charge in [-0.3, -0.25) is 4.79 Å². The fraction of sp³-hybridized carbons (Fsp3) is 0.118. The van der Waals surface area contributed by atoms with Crippen molar-refractivity contribution in [2.45, 2.75) is 6.61 Å². The third kappa shape index (κ3) is 5.24. The third-order valence-electron chi connectivity index (χ3n) is 2.96. The first-order chi connectivity index (χ1) is 11.0. The summed E-state index contributed by atoms with van der Waals surface area (Å²) in [6, 6.07) is 11.6. The average Bonchev–Trinajstić information content (AvgIpc) is 2.51. The van der Waals surface area contributed by atoms with Crippen LogP contribution in [-0.4, -0.2) is 13.0 Å². The SMILES string of the molecule is COc1cc(/C=C/C(N)=O)cc(I)c1OCc1cccc(Br)c1. The first-order valence-electron chi connectivity index (χ1n) is 6.72. The van der Waals surface area contributed by atoms with E-state index in [1.165, 1.54) is 6.08 Å². The van der Waals surface area contributed by atoms with Crippen LogP contribution in [0.2, 0.25) is 0 Å². The van der Waals surface area contributed by atoms with Gasteiger partial charge in [0.2, 0.25) is 5.91 Å². The Bertz CT molecular complexity index is 747. The predicted molar refractivity (Wildman–Crippen MR) is 102 cm³/mol. The number of hydrogen-bond donors (Lipinski definition) is 1. The Morgan fingerprint density at radius 1 is 1.35 bits per heavy atom. The van der Waals surface area contributed by atoms with E-state index in [-0.39, 0.29) is 0 Å². The van der Waals surface area contributed by atoms with Gasteiger partial charge in [-0.1, -0.05) is 28.1 Å². The van der Waals surface area contributed by atoms with Gasteiger partial charge in [-0.15, -0.1) is 0 Å². The number of primary amides is 1. The molecule has 0 aromatic heterocycles. The van der Waals surface area contributed by atoms with Crippen molar-refractivity contribution < 1.29 is 14.3 Å². The molecule has 0 spiro atoms. The van der Waals surface area contributed by atoms with Crippen LogP contribution >= 0.6 is 38.5 Å². The topological polar surface area (TPSA) is 61.5 Å². The quantitative estimate of drug-likeness (QED) is 0.492. The number of carbonyl (C=O) groups is 1. The molecule has 2 N–H and O–H groups in total. The zero-order chi connectivity index (χ0) is 16.8. The van der Waals surface area contributed by atoms with Crippen LogP contribution in [0.25, 0.3) is 6.08 Å². The van der Waals surface area contributed by atoms with Gasteiger partial charge in [-0.25, -0.2) is 0 Å². The summed E-state index contributed by atoms with van der Waals surface area (Å²) >= 11 is 5.62. The standard InChI is InChI=1S/C17H15BrINO3/c1-22-15-9-11(5-6-16(20)21)8-14(19)17(15)23-10-12-3-2-4-13(18)7-12/h2-9H,10H2,1H3,(H2,20,21)/b6-5+. The molecular weight excluding hydrogens is 473 g/mol. The fourth-order valence-electron chi connectivity index (χ4n) is 1.94. The Labute approximate surface area is 156 Å². The number of ether oxygens (including phenoxy) is 2. The largest absolute Gasteiger partial charge is 0.493 e. The van der Waals surface area contributed by atoms with Crippen molar-refractivity contribution in [3.63, 3.8) is 0 Å². The molecule has 0 unspecified atom stereocenters. The molecule has 120 valence electrons. The zero-order valence-corrected chi connectivity index (χ0v) is 16.1. The summed E-state index contributed by atoms with van der Waals surface area (Å²) in [7, 11) is 1.58. The monoisotopic (exact) mass is 487 g/mol. The second-order valence-electron chi connectivity index (χ2n) is 4.69. The molecule has 0 bridgehead atoms. The van der Waals surface area contributed by atoms with Gasteiger partial charge in [-0.05, 0) is 64.1 Å². The normalized spacial score (nSPS) is 10.7. The molecule has 0 saturated heterocycles. The first-order valence-corrected chi connectivity index (χ1v) is 8.59. The van der Waals surface area contributed by atoms with Gasteiger partial charge in [-0.2, -0.15) is 0 Å². The Morgan fingerprint density at radius 3 is 2.78 bits per heavy atom. The molecule has 1 amide bonds. The number of nitrogens with two attached hydrogens (primary N) is 1. The van der Waals surface area contributed by atoms with E-state index in [1.54, 1.807) is 19.3 Å². The van der Waals surface area contributed by atoms with E-state index in [4.69, 9.17) is 15.2 Å². The van der Waals surface area contributed by atoms with Crippen LogP contribution in [0.5, 0.6) is 11.5 Å². The Morgan fingerprint density at radius 2 is 2.13 bits per heavy atom. The molecule has 0 atom stereocenters. The minimum absolute atomic E-state index is 0.433. The van der Waals surface area contributed by atoms with Gasteiger partial charge in [0, 0.05) is 10.5 Å². The van der Waals surface area contributed by atoms with Crippen molar-refractivity contribution in [1.82, 2.24) is 0 Å². The van der Waals surface area contributed by atoms with Gasteiger partial charge >= 0.3 is 0 Å². The average molecular weight is 488 g/mol. The molecule has 2 rings (SSSR count). The smallest absolute Gasteiger partial charge is 0.241 e. The van der Waals surface area contributed by atoms with Crippen molar-refractivity contribution in [1.29, 1.82) is 0 Å². The van der Waals surface area contributed by atoms with E-state index in [9.17, 15) is 4.79 Å². The highest BCUT2D eigenvalue weighted by molar-refractivity contribution is 14.1. The maximum atomic E-state index is 10.8. The molecule has 0 aliphatic heterocycles. The van der Waals surface area contributed by atoms with E-state index in [0.29, 0.717) is 18.1 Å². The molecule has 23 heavy (non-hydrogen) atoms. The molecule has 0 saturated carbocycles. The number of methoxy groups -OCH3 is 1. The molecule has 2 aromatic rings. The highest BCUT2D eigenvalue weighted by atomic mass is 127. The number of hydrogen-bond acceptors (Lipinski definition) is 3. The number of amides is 1. The van der Waals surface area contributed by atoms with E-state index in [0.717, 1.165) is 19.2 Å². The summed E-state index contributed by atoms with van der Waals surface area (Å²) in [6.45, 7) is 0.433. The number of rotatable bonds is 6. The maximum Gasteiger partial charge on any atom is 0.241 e. The lowest BCUT2D eigenvalue weighted by atomic mass is 10.2. The molecule has 0 radical (unpaired) electrons. The van der Waals surface area contributed by atoms with Crippen LogP contribution in [-0.2, 0) is 11.4 Å². The summed E-state index contributed by atoms with van der Waals surface area (Å²) in [5.41, 5.74) is 6.99. The van der Waals surface area contributed by atoms with E-state index in [2.05, 4.69) is 38.5 Å². The second-order valence-corrected chi connectivity index (χ2v) is 6.77. The van der Waals surface area contributed by atoms with Crippen LogP contribution in [0.15, 0.2) is 46.9 Å².